The molecule has 2 aromatic rings. The van der Waals surface area contributed by atoms with Crippen molar-refractivity contribution < 1.29 is 22.3 Å². The second-order valence-corrected chi connectivity index (χ2v) is 6.36. The Morgan fingerprint density at radius 3 is 2.41 bits per heavy atom. The van der Waals surface area contributed by atoms with E-state index in [4.69, 9.17) is 16.3 Å². The van der Waals surface area contributed by atoms with Crippen molar-refractivity contribution in [3.05, 3.63) is 64.2 Å². The number of benzene rings is 1. The van der Waals surface area contributed by atoms with Crippen molar-refractivity contribution in [2.24, 2.45) is 0 Å². The number of nitriles is 1. The van der Waals surface area contributed by atoms with Gasteiger partial charge in [0.05, 0.1) is 35.6 Å². The molecule has 0 spiro atoms. The summed E-state index contributed by atoms with van der Waals surface area (Å²) in [6, 6.07) is 8.36. The summed E-state index contributed by atoms with van der Waals surface area (Å²) in [5, 5.41) is 9.73. The third-order valence-electron chi connectivity index (χ3n) is 4.42. The number of pyridine rings is 1. The third-order valence-corrected chi connectivity index (χ3v) is 4.71. The van der Waals surface area contributed by atoms with E-state index in [1.54, 1.807) is 11.0 Å². The Balaban J connectivity index is 2.25. The first kappa shape index (κ1) is 19.5. The normalized spacial score (nSPS) is 17.9. The Morgan fingerprint density at radius 1 is 1.19 bits per heavy atom. The number of aromatic nitrogens is 1. The number of rotatable bonds is 3. The minimum atomic E-state index is -4.64. The fourth-order valence-corrected chi connectivity index (χ4v) is 3.45. The molecule has 0 amide bonds. The van der Waals surface area contributed by atoms with Crippen LogP contribution >= 0.6 is 11.6 Å². The van der Waals surface area contributed by atoms with Crippen LogP contribution in [0.15, 0.2) is 36.5 Å². The first-order valence-electron chi connectivity index (χ1n) is 8.03. The van der Waals surface area contributed by atoms with Crippen LogP contribution in [0.2, 0.25) is 5.02 Å². The van der Waals surface area contributed by atoms with E-state index >= 15 is 0 Å². The van der Waals surface area contributed by atoms with Gasteiger partial charge in [-0.2, -0.15) is 18.4 Å². The number of ether oxygens (including phenoxy) is 1. The predicted octanol–water partition coefficient (Wildman–Crippen LogP) is 3.99. The molecule has 1 fully saturated rings. The van der Waals surface area contributed by atoms with Gasteiger partial charge in [0.1, 0.15) is 5.82 Å². The zero-order chi connectivity index (χ0) is 19.7. The zero-order valence-electron chi connectivity index (χ0n) is 13.9. The van der Waals surface area contributed by atoms with Gasteiger partial charge in [0.2, 0.25) is 0 Å². The van der Waals surface area contributed by atoms with Gasteiger partial charge >= 0.3 is 6.18 Å². The van der Waals surface area contributed by atoms with Gasteiger partial charge in [0.25, 0.3) is 0 Å². The predicted molar refractivity (Wildman–Crippen MR) is 89.4 cm³/mol. The summed E-state index contributed by atoms with van der Waals surface area (Å²) in [4.78, 5) is 5.48. The van der Waals surface area contributed by atoms with E-state index in [9.17, 15) is 22.8 Å². The molecule has 2 heterocycles. The summed E-state index contributed by atoms with van der Waals surface area (Å²) in [5.41, 5.74) is -3.00. The Kier molecular flexibility index (Phi) is 5.38. The van der Waals surface area contributed by atoms with Gasteiger partial charge in [-0.3, -0.25) is 9.88 Å². The summed E-state index contributed by atoms with van der Waals surface area (Å²) >= 11 is 6.13. The quantitative estimate of drug-likeness (QED) is 0.732. The molecule has 3 rings (SSSR count). The average Bonchev–Trinajstić information content (AvgIpc) is 2.65. The second-order valence-electron chi connectivity index (χ2n) is 5.95. The van der Waals surface area contributed by atoms with Crippen LogP contribution in [0.5, 0.6) is 0 Å². The molecule has 9 heteroatoms. The molecule has 0 unspecified atom stereocenters. The molecule has 27 heavy (non-hydrogen) atoms. The van der Waals surface area contributed by atoms with Crippen molar-refractivity contribution in [1.29, 1.82) is 5.26 Å². The van der Waals surface area contributed by atoms with Gasteiger partial charge in [0, 0.05) is 24.8 Å². The molecular weight excluding hydrogens is 386 g/mol. The maximum Gasteiger partial charge on any atom is 0.417 e. The summed E-state index contributed by atoms with van der Waals surface area (Å²) in [5.74, 6) is -0.677. The Bertz CT molecular complexity index is 878. The van der Waals surface area contributed by atoms with Crippen LogP contribution in [0.4, 0.5) is 17.6 Å². The molecule has 1 saturated heterocycles. The van der Waals surface area contributed by atoms with Gasteiger partial charge in [-0.25, -0.2) is 4.39 Å². The van der Waals surface area contributed by atoms with E-state index in [0.717, 1.165) is 0 Å². The van der Waals surface area contributed by atoms with Crippen LogP contribution in [0.25, 0.3) is 0 Å². The molecule has 4 nitrogen and oxygen atoms in total. The minimum absolute atomic E-state index is 0.0245. The monoisotopic (exact) mass is 399 g/mol. The van der Waals surface area contributed by atoms with Crippen molar-refractivity contribution in [2.45, 2.75) is 11.7 Å². The van der Waals surface area contributed by atoms with E-state index in [-0.39, 0.29) is 42.6 Å². The highest BCUT2D eigenvalue weighted by atomic mass is 35.5. The van der Waals surface area contributed by atoms with Crippen LogP contribution in [-0.2, 0) is 16.5 Å². The number of hydrogen-bond acceptors (Lipinski definition) is 4. The Labute approximate surface area is 157 Å². The minimum Gasteiger partial charge on any atom is -0.379 e. The van der Waals surface area contributed by atoms with E-state index < -0.39 is 23.1 Å². The highest BCUT2D eigenvalue weighted by Crippen LogP contribution is 2.41. The van der Waals surface area contributed by atoms with Crippen LogP contribution in [0, 0.1) is 17.1 Å². The molecule has 1 aliphatic heterocycles. The second kappa shape index (κ2) is 7.43. The first-order valence-corrected chi connectivity index (χ1v) is 8.41. The van der Waals surface area contributed by atoms with Crippen LogP contribution in [0.3, 0.4) is 0 Å². The van der Waals surface area contributed by atoms with Gasteiger partial charge in [-0.15, -0.1) is 0 Å². The molecule has 0 saturated carbocycles. The fourth-order valence-electron chi connectivity index (χ4n) is 3.14. The number of nitrogens with zero attached hydrogens (tertiary/aromatic N) is 3. The van der Waals surface area contributed by atoms with Gasteiger partial charge in [-0.1, -0.05) is 29.8 Å². The molecule has 1 aliphatic rings. The van der Waals surface area contributed by atoms with Crippen molar-refractivity contribution in [1.82, 2.24) is 9.88 Å². The molecule has 0 aliphatic carbocycles. The van der Waals surface area contributed by atoms with E-state index in [1.165, 1.54) is 18.2 Å². The van der Waals surface area contributed by atoms with E-state index in [1.807, 2.05) is 0 Å². The lowest BCUT2D eigenvalue weighted by Gasteiger charge is -2.41. The number of alkyl halides is 3. The molecule has 0 bridgehead atoms. The summed E-state index contributed by atoms with van der Waals surface area (Å²) in [6.07, 6.45) is -4.03. The van der Waals surface area contributed by atoms with E-state index in [2.05, 4.69) is 11.1 Å². The Morgan fingerprint density at radius 2 is 1.85 bits per heavy atom. The van der Waals surface area contributed by atoms with Crippen molar-refractivity contribution >= 4 is 11.6 Å². The molecule has 1 atom stereocenters. The van der Waals surface area contributed by atoms with Crippen molar-refractivity contribution in [3.8, 4) is 6.07 Å². The van der Waals surface area contributed by atoms with Crippen LogP contribution in [-0.4, -0.2) is 36.2 Å². The maximum absolute atomic E-state index is 14.7. The summed E-state index contributed by atoms with van der Waals surface area (Å²) < 4.78 is 58.8. The standard InChI is InChI=1S/C18H14ClF4N3O/c19-14-9-12(18(21,22)23)10-25-16(14)17(11-24,26-5-7-27-8-6-26)13-3-1-2-4-15(13)20/h1-4,9-10H,5-8H2/t17-/m0/s1. The summed E-state index contributed by atoms with van der Waals surface area (Å²) in [6.45, 7) is 1.11. The van der Waals surface area contributed by atoms with Crippen molar-refractivity contribution in [3.63, 3.8) is 0 Å². The first-order chi connectivity index (χ1) is 12.8. The van der Waals surface area contributed by atoms with Crippen LogP contribution < -0.4 is 0 Å². The largest absolute Gasteiger partial charge is 0.417 e. The maximum atomic E-state index is 14.7. The lowest BCUT2D eigenvalue weighted by molar-refractivity contribution is -0.137. The Hall–Kier alpha value is -2.21. The molecule has 0 radical (unpaired) electrons. The number of hydrogen-bond donors (Lipinski definition) is 0. The zero-order valence-corrected chi connectivity index (χ0v) is 14.7. The molecule has 1 aromatic carbocycles. The number of morpholine rings is 1. The van der Waals surface area contributed by atoms with Crippen LogP contribution in [0.1, 0.15) is 16.8 Å². The molecular formula is C18H14ClF4N3O. The SMILES string of the molecule is N#C[C@](c1ccccc1F)(c1ncc(C(F)(F)F)cc1Cl)N1CCOCC1. The average molecular weight is 400 g/mol. The molecule has 0 N–H and O–H groups in total. The third kappa shape index (κ3) is 3.50. The topological polar surface area (TPSA) is 49.2 Å². The lowest BCUT2D eigenvalue weighted by Crippen LogP contribution is -2.52. The highest BCUT2D eigenvalue weighted by Gasteiger charge is 2.46. The lowest BCUT2D eigenvalue weighted by atomic mass is 9.84. The number of halogens is 5. The smallest absolute Gasteiger partial charge is 0.379 e. The molecule has 142 valence electrons. The highest BCUT2D eigenvalue weighted by molar-refractivity contribution is 6.31. The molecule has 1 aromatic heterocycles. The van der Waals surface area contributed by atoms with Crippen molar-refractivity contribution in [2.75, 3.05) is 26.3 Å². The fraction of sp³-hybridized carbons (Fsp3) is 0.333. The van der Waals surface area contributed by atoms with Gasteiger partial charge in [-0.05, 0) is 12.1 Å². The summed E-state index contributed by atoms with van der Waals surface area (Å²) in [7, 11) is 0. The van der Waals surface area contributed by atoms with Gasteiger partial charge < -0.3 is 4.74 Å². The van der Waals surface area contributed by atoms with E-state index in [0.29, 0.717) is 12.3 Å². The van der Waals surface area contributed by atoms with Gasteiger partial charge in [0.15, 0.2) is 5.54 Å².